The van der Waals surface area contributed by atoms with E-state index in [1.54, 1.807) is 4.90 Å². The molecule has 0 bridgehead atoms. The topological polar surface area (TPSA) is 99.2 Å². The van der Waals surface area contributed by atoms with Gasteiger partial charge in [0.1, 0.15) is 6.54 Å². The summed E-state index contributed by atoms with van der Waals surface area (Å²) in [5.74, 6) is 1.06. The summed E-state index contributed by atoms with van der Waals surface area (Å²) in [6.07, 6.45) is 1.96. The van der Waals surface area contributed by atoms with Crippen LogP contribution in [0.1, 0.15) is 35.4 Å². The molecule has 8 heteroatoms. The Morgan fingerprint density at radius 1 is 1.16 bits per heavy atom. The van der Waals surface area contributed by atoms with E-state index in [1.165, 1.54) is 0 Å². The number of aliphatic imine (C=N–C) groups is 1. The van der Waals surface area contributed by atoms with Gasteiger partial charge in [0.15, 0.2) is 6.67 Å². The first-order chi connectivity index (χ1) is 15.4. The molecule has 2 N–H and O–H groups in total. The fraction of sp³-hybridized carbons (Fsp3) is 0.375. The maximum Gasteiger partial charge on any atom is 0.207 e. The highest BCUT2D eigenvalue weighted by Gasteiger charge is 2.42. The lowest BCUT2D eigenvalue weighted by molar-refractivity contribution is -0.890. The lowest BCUT2D eigenvalue weighted by Crippen LogP contribution is -2.49. The van der Waals surface area contributed by atoms with E-state index in [1.807, 2.05) is 56.3 Å². The van der Waals surface area contributed by atoms with Crippen molar-refractivity contribution in [1.29, 1.82) is 0 Å². The average Bonchev–Trinajstić information content (AvgIpc) is 3.11. The standard InChI is InChI=1S/C24H28N6O2/c1-16-11-20(12-17(2)26-16)21-22(19-8-4-3-5-9-19)27-24(25)29-15-30(31,28-23(21)29)13-18-7-6-10-32-14-18/h3-5,8-9,11-12,18H,6-7,10,13-15H2,1-2H3,(H2,25,27). The number of aromatic nitrogens is 1. The molecule has 1 saturated heterocycles. The fourth-order valence-corrected chi connectivity index (χ4v) is 4.75. The number of nitrogens with zero attached hydrogens (tertiary/aromatic N) is 5. The van der Waals surface area contributed by atoms with Crippen LogP contribution >= 0.6 is 0 Å². The molecular weight excluding hydrogens is 404 g/mol. The molecule has 8 nitrogen and oxygen atoms in total. The van der Waals surface area contributed by atoms with E-state index in [4.69, 9.17) is 20.6 Å². The maximum absolute atomic E-state index is 13.7. The van der Waals surface area contributed by atoms with Crippen molar-refractivity contribution < 1.29 is 9.49 Å². The first-order valence-electron chi connectivity index (χ1n) is 11.1. The Labute approximate surface area is 187 Å². The van der Waals surface area contributed by atoms with Crippen LogP contribution in [0.15, 0.2) is 52.6 Å². The minimum absolute atomic E-state index is 0.121. The maximum atomic E-state index is 13.7. The molecular formula is C24H28N6O2. The van der Waals surface area contributed by atoms with E-state index >= 15 is 0 Å². The first-order valence-corrected chi connectivity index (χ1v) is 11.1. The second-order valence-corrected chi connectivity index (χ2v) is 8.80. The number of aryl methyl sites for hydroxylation is 2. The van der Waals surface area contributed by atoms with Gasteiger partial charge in [-0.15, -0.1) is 0 Å². The first kappa shape index (κ1) is 20.8. The van der Waals surface area contributed by atoms with Crippen molar-refractivity contribution in [3.8, 4) is 0 Å². The van der Waals surface area contributed by atoms with Gasteiger partial charge in [0.25, 0.3) is 0 Å². The van der Waals surface area contributed by atoms with Gasteiger partial charge in [0.2, 0.25) is 11.8 Å². The Bertz CT molecular complexity index is 1100. The molecule has 1 fully saturated rings. The summed E-state index contributed by atoms with van der Waals surface area (Å²) in [5.41, 5.74) is 11.6. The zero-order valence-corrected chi connectivity index (χ0v) is 18.5. The Hall–Kier alpha value is -3.07. The predicted molar refractivity (Wildman–Crippen MR) is 125 cm³/mol. The smallest absolute Gasteiger partial charge is 0.207 e. The van der Waals surface area contributed by atoms with Gasteiger partial charge in [-0.05, 0) is 44.4 Å². The third-order valence-electron chi connectivity index (χ3n) is 6.07. The van der Waals surface area contributed by atoms with Crippen molar-refractivity contribution in [1.82, 2.24) is 9.88 Å². The quantitative estimate of drug-likeness (QED) is 0.591. The summed E-state index contributed by atoms with van der Waals surface area (Å²) >= 11 is 0. The molecule has 1 aromatic heterocycles. The van der Waals surface area contributed by atoms with Gasteiger partial charge >= 0.3 is 0 Å². The van der Waals surface area contributed by atoms with Crippen molar-refractivity contribution in [3.05, 3.63) is 70.2 Å². The van der Waals surface area contributed by atoms with Crippen LogP contribution in [0.25, 0.3) is 11.3 Å². The van der Waals surface area contributed by atoms with Crippen molar-refractivity contribution in [2.24, 2.45) is 21.7 Å². The minimum atomic E-state index is -0.700. The van der Waals surface area contributed by atoms with Crippen LogP contribution in [0.5, 0.6) is 0 Å². The van der Waals surface area contributed by atoms with Crippen LogP contribution in [0.3, 0.4) is 0 Å². The predicted octanol–water partition coefficient (Wildman–Crippen LogP) is 3.22. The molecule has 2 unspecified atom stereocenters. The Morgan fingerprint density at radius 3 is 2.59 bits per heavy atom. The number of hydrogen-bond donors (Lipinski definition) is 1. The van der Waals surface area contributed by atoms with E-state index in [0.29, 0.717) is 24.9 Å². The van der Waals surface area contributed by atoms with Gasteiger partial charge in [-0.1, -0.05) is 35.4 Å². The van der Waals surface area contributed by atoms with Crippen LogP contribution in [0.4, 0.5) is 0 Å². The third-order valence-corrected chi connectivity index (χ3v) is 6.07. The van der Waals surface area contributed by atoms with Gasteiger partial charge in [-0.2, -0.15) is 0 Å². The normalized spacial score (nSPS) is 25.5. The van der Waals surface area contributed by atoms with E-state index in [9.17, 15) is 5.21 Å². The SMILES string of the molecule is Cc1cc(C2=C(c3ccccc3)N=C(N)N3C[N+]([O-])(CC4CCCOC4)N=C23)cc(C)n1. The number of pyridine rings is 1. The van der Waals surface area contributed by atoms with Gasteiger partial charge in [0.05, 0.1) is 17.9 Å². The number of guanidine groups is 1. The number of nitrogens with two attached hydrogens (primary N) is 1. The zero-order chi connectivity index (χ0) is 22.3. The molecule has 3 aliphatic heterocycles. The summed E-state index contributed by atoms with van der Waals surface area (Å²) in [5, 5.41) is 18.5. The highest BCUT2D eigenvalue weighted by Crippen LogP contribution is 2.37. The van der Waals surface area contributed by atoms with Crippen LogP contribution in [0.2, 0.25) is 0 Å². The molecule has 0 aliphatic carbocycles. The molecule has 0 saturated carbocycles. The summed E-state index contributed by atoms with van der Waals surface area (Å²) < 4.78 is 4.89. The van der Waals surface area contributed by atoms with E-state index in [0.717, 1.165) is 53.2 Å². The van der Waals surface area contributed by atoms with E-state index in [-0.39, 0.29) is 12.6 Å². The molecule has 166 valence electrons. The largest absolute Gasteiger partial charge is 0.603 e. The number of hydroxylamine groups is 2. The zero-order valence-electron chi connectivity index (χ0n) is 18.5. The molecule has 0 amide bonds. The molecule has 1 aromatic carbocycles. The van der Waals surface area contributed by atoms with Gasteiger partial charge in [-0.25, -0.2) is 14.6 Å². The molecule has 0 spiro atoms. The van der Waals surface area contributed by atoms with E-state index in [2.05, 4.69) is 4.98 Å². The van der Waals surface area contributed by atoms with Crippen molar-refractivity contribution in [2.45, 2.75) is 26.7 Å². The lowest BCUT2D eigenvalue weighted by atomic mass is 9.96. The highest BCUT2D eigenvalue weighted by molar-refractivity contribution is 6.35. The number of benzene rings is 1. The van der Waals surface area contributed by atoms with Crippen LogP contribution in [-0.2, 0) is 4.74 Å². The second-order valence-electron chi connectivity index (χ2n) is 8.80. The monoisotopic (exact) mass is 432 g/mol. The van der Waals surface area contributed by atoms with E-state index < -0.39 is 4.76 Å². The highest BCUT2D eigenvalue weighted by atomic mass is 16.6. The fourth-order valence-electron chi connectivity index (χ4n) is 4.75. The van der Waals surface area contributed by atoms with Crippen LogP contribution < -0.4 is 5.73 Å². The third kappa shape index (κ3) is 3.92. The lowest BCUT2D eigenvalue weighted by Gasteiger charge is -2.36. The minimum Gasteiger partial charge on any atom is -0.603 e. The molecule has 0 radical (unpaired) electrons. The van der Waals surface area contributed by atoms with Gasteiger partial charge in [-0.3, -0.25) is 4.98 Å². The molecule has 4 heterocycles. The molecule has 5 rings (SSSR count). The number of amidine groups is 1. The summed E-state index contributed by atoms with van der Waals surface area (Å²) in [6.45, 7) is 5.79. The molecule has 2 aromatic rings. The molecule has 2 atom stereocenters. The Balaban J connectivity index is 1.65. The number of quaternary nitrogens is 1. The summed E-state index contributed by atoms with van der Waals surface area (Å²) in [4.78, 5) is 11.0. The molecule has 32 heavy (non-hydrogen) atoms. The van der Waals surface area contributed by atoms with Gasteiger partial charge in [0, 0.05) is 29.5 Å². The van der Waals surface area contributed by atoms with Gasteiger partial charge < -0.3 is 15.7 Å². The van der Waals surface area contributed by atoms with Crippen molar-refractivity contribution >= 4 is 23.1 Å². The number of hydrogen-bond acceptors (Lipinski definition) is 7. The van der Waals surface area contributed by atoms with Crippen molar-refractivity contribution in [3.63, 3.8) is 0 Å². The number of fused-ring (bicyclic) bond motifs is 1. The average molecular weight is 433 g/mol. The number of rotatable bonds is 4. The van der Waals surface area contributed by atoms with Crippen LogP contribution in [-0.4, -0.2) is 52.9 Å². The second kappa shape index (κ2) is 8.12. The van der Waals surface area contributed by atoms with Crippen LogP contribution in [0, 0.1) is 25.0 Å². The summed E-state index contributed by atoms with van der Waals surface area (Å²) in [7, 11) is 0. The summed E-state index contributed by atoms with van der Waals surface area (Å²) in [6, 6.07) is 13.9. The Kier molecular flexibility index (Phi) is 5.28. The Morgan fingerprint density at radius 2 is 1.91 bits per heavy atom. The number of ether oxygens (including phenoxy) is 1. The van der Waals surface area contributed by atoms with Crippen molar-refractivity contribution in [2.75, 3.05) is 26.4 Å². The molecule has 3 aliphatic rings.